The van der Waals surface area contributed by atoms with E-state index < -0.39 is 64.1 Å². The van der Waals surface area contributed by atoms with Crippen molar-refractivity contribution < 1.29 is 46.9 Å². The second kappa shape index (κ2) is 11.9. The highest BCUT2D eigenvalue weighted by Crippen LogP contribution is 2.39. The van der Waals surface area contributed by atoms with E-state index in [0.717, 1.165) is 7.11 Å². The molecule has 1 heterocycles. The minimum Gasteiger partial charge on any atom is -0.464 e. The second-order valence-corrected chi connectivity index (χ2v) is 10.2. The van der Waals surface area contributed by atoms with Crippen LogP contribution in [0.4, 0.5) is 28.4 Å². The number of pyridine rings is 1. The van der Waals surface area contributed by atoms with Crippen LogP contribution in [0.25, 0.3) is 0 Å². The van der Waals surface area contributed by atoms with E-state index in [1.165, 1.54) is 48.5 Å². The summed E-state index contributed by atoms with van der Waals surface area (Å²) in [6.45, 7) is 10.3. The number of amides is 2. The third-order valence-electron chi connectivity index (χ3n) is 4.62. The van der Waals surface area contributed by atoms with E-state index >= 15 is 0 Å². The normalized spacial score (nSPS) is 13.1. The van der Waals surface area contributed by atoms with Gasteiger partial charge in [-0.25, -0.2) is 19.4 Å². The molecule has 2 amide bonds. The van der Waals surface area contributed by atoms with Crippen LogP contribution in [0.5, 0.6) is 0 Å². The lowest BCUT2D eigenvalue weighted by molar-refractivity contribution is -0.138. The Kier molecular flexibility index (Phi) is 10.3. The van der Waals surface area contributed by atoms with Crippen molar-refractivity contribution in [2.45, 2.75) is 91.0 Å². The second-order valence-electron chi connectivity index (χ2n) is 10.2. The number of alkyl halides is 3. The predicted octanol–water partition coefficient (Wildman–Crippen LogP) is 5.83. The highest BCUT2D eigenvalue weighted by atomic mass is 19.4. The molecule has 1 N–H and O–H groups in total. The fourth-order valence-electron chi connectivity index (χ4n) is 3.12. The molecule has 0 aliphatic carbocycles. The first-order valence-corrected chi connectivity index (χ1v) is 11.4. The third-order valence-corrected chi connectivity index (χ3v) is 4.62. The maximum Gasteiger partial charge on any atom is 0.424 e. The molecule has 0 saturated heterocycles. The molecule has 9 nitrogen and oxygen atoms in total. The largest absolute Gasteiger partial charge is 0.464 e. The summed E-state index contributed by atoms with van der Waals surface area (Å²) in [4.78, 5) is 42.8. The van der Waals surface area contributed by atoms with Gasteiger partial charge in [0.2, 0.25) is 0 Å². The lowest BCUT2D eigenvalue weighted by Crippen LogP contribution is -2.44. The number of carbonyl (C=O) groups is 3. The number of unbranched alkanes of at least 4 members (excludes halogenated alkanes) is 1. The summed E-state index contributed by atoms with van der Waals surface area (Å²) in [5.74, 6) is -1.94. The van der Waals surface area contributed by atoms with E-state index in [1.54, 1.807) is 0 Å². The van der Waals surface area contributed by atoms with Crippen molar-refractivity contribution in [1.29, 1.82) is 0 Å². The van der Waals surface area contributed by atoms with Gasteiger partial charge in [-0.05, 0) is 66.4 Å². The van der Waals surface area contributed by atoms with Gasteiger partial charge in [0.25, 0.3) is 0 Å². The van der Waals surface area contributed by atoms with Gasteiger partial charge in [0.1, 0.15) is 11.2 Å². The number of ether oxygens (including phenoxy) is 3. The molecule has 0 radical (unpaired) electrons. The molecule has 0 aromatic carbocycles. The van der Waals surface area contributed by atoms with Crippen LogP contribution >= 0.6 is 0 Å². The summed E-state index contributed by atoms with van der Waals surface area (Å²) >= 11 is 0. The number of aliphatic hydroxyl groups is 1. The lowest BCUT2D eigenvalue weighted by Gasteiger charge is -2.30. The first-order valence-electron chi connectivity index (χ1n) is 11.4. The van der Waals surface area contributed by atoms with Crippen molar-refractivity contribution in [3.8, 4) is 0 Å². The summed E-state index contributed by atoms with van der Waals surface area (Å²) in [5, 5.41) is 9.00. The minimum absolute atomic E-state index is 0.126. The standard InChI is InChI=1S/C24H35F3N2O7/c1-14(11-9-10-12-30)17-15(24(25,26)27)13-16(18(28-17)19(31)34-8)29(20(32)35-22(2,3)4)21(33)36-23(5,6)7/h13-14,30H,9-12H2,1-8H3. The Balaban J connectivity index is 3.91. The van der Waals surface area contributed by atoms with E-state index in [2.05, 4.69) is 4.98 Å². The summed E-state index contributed by atoms with van der Waals surface area (Å²) in [6.07, 6.45) is -6.64. The number of imide groups is 1. The third kappa shape index (κ3) is 8.96. The van der Waals surface area contributed by atoms with E-state index in [1.807, 2.05) is 0 Å². The Morgan fingerprint density at radius 1 is 1.00 bits per heavy atom. The SMILES string of the molecule is COC(=O)c1nc(C(C)CCCCO)c(C(F)(F)F)cc1N(C(=O)OC(C)(C)C)C(=O)OC(C)(C)C. The maximum absolute atomic E-state index is 14.2. The van der Waals surface area contributed by atoms with Gasteiger partial charge >= 0.3 is 24.3 Å². The molecule has 0 aliphatic rings. The topological polar surface area (TPSA) is 115 Å². The monoisotopic (exact) mass is 520 g/mol. The van der Waals surface area contributed by atoms with Crippen LogP contribution in [0, 0.1) is 0 Å². The molecule has 0 saturated carbocycles. The Labute approximate surface area is 208 Å². The molecule has 0 fully saturated rings. The number of carbonyl (C=O) groups excluding carboxylic acids is 3. The van der Waals surface area contributed by atoms with Crippen molar-refractivity contribution in [2.75, 3.05) is 18.6 Å². The van der Waals surface area contributed by atoms with E-state index in [0.29, 0.717) is 18.9 Å². The van der Waals surface area contributed by atoms with Gasteiger partial charge in [0, 0.05) is 6.61 Å². The molecule has 1 unspecified atom stereocenters. The van der Waals surface area contributed by atoms with Crippen LogP contribution in [0.2, 0.25) is 0 Å². The minimum atomic E-state index is -4.94. The number of hydrogen-bond acceptors (Lipinski definition) is 8. The molecule has 0 spiro atoms. The summed E-state index contributed by atoms with van der Waals surface area (Å²) < 4.78 is 57.6. The molecule has 204 valence electrons. The number of anilines is 1. The van der Waals surface area contributed by atoms with Crippen LogP contribution in [0.15, 0.2) is 6.07 Å². The number of esters is 1. The fourth-order valence-corrected chi connectivity index (χ4v) is 3.12. The number of methoxy groups -OCH3 is 1. The first kappa shape index (κ1) is 31.1. The smallest absolute Gasteiger partial charge is 0.424 e. The van der Waals surface area contributed by atoms with Crippen LogP contribution in [0.3, 0.4) is 0 Å². The van der Waals surface area contributed by atoms with Crippen LogP contribution in [-0.4, -0.2) is 53.2 Å². The Bertz CT molecular complexity index is 923. The van der Waals surface area contributed by atoms with Crippen molar-refractivity contribution in [3.05, 3.63) is 23.0 Å². The van der Waals surface area contributed by atoms with E-state index in [-0.39, 0.29) is 17.9 Å². The zero-order chi connectivity index (χ0) is 28.1. The molecule has 1 aromatic rings. The van der Waals surface area contributed by atoms with Gasteiger partial charge in [-0.3, -0.25) is 0 Å². The number of hydrogen-bond donors (Lipinski definition) is 1. The highest BCUT2D eigenvalue weighted by molar-refractivity contribution is 6.13. The molecule has 12 heteroatoms. The average molecular weight is 521 g/mol. The van der Waals surface area contributed by atoms with E-state index in [4.69, 9.17) is 19.3 Å². The number of rotatable bonds is 7. The molecule has 0 bridgehead atoms. The average Bonchev–Trinajstić information content (AvgIpc) is 2.69. The molecular formula is C24H35F3N2O7. The van der Waals surface area contributed by atoms with E-state index in [9.17, 15) is 27.6 Å². The number of nitrogens with zero attached hydrogens (tertiary/aromatic N) is 2. The van der Waals surface area contributed by atoms with Crippen LogP contribution < -0.4 is 4.90 Å². The van der Waals surface area contributed by atoms with Gasteiger partial charge in [0.05, 0.1) is 24.1 Å². The van der Waals surface area contributed by atoms with Gasteiger partial charge < -0.3 is 19.3 Å². The Morgan fingerprint density at radius 2 is 1.50 bits per heavy atom. The molecule has 0 aliphatic heterocycles. The van der Waals surface area contributed by atoms with Crippen molar-refractivity contribution >= 4 is 23.8 Å². The maximum atomic E-state index is 14.2. The molecule has 1 rings (SSSR count). The van der Waals surface area contributed by atoms with Crippen molar-refractivity contribution in [2.24, 2.45) is 0 Å². The summed E-state index contributed by atoms with van der Waals surface area (Å²) in [7, 11) is 0.987. The molecule has 36 heavy (non-hydrogen) atoms. The number of aromatic nitrogens is 1. The van der Waals surface area contributed by atoms with Crippen LogP contribution in [-0.2, 0) is 20.4 Å². The highest BCUT2D eigenvalue weighted by Gasteiger charge is 2.41. The first-order chi connectivity index (χ1) is 16.3. The quantitative estimate of drug-likeness (QED) is 0.271. The molecule has 1 aromatic heterocycles. The van der Waals surface area contributed by atoms with Crippen LogP contribution in [0.1, 0.15) is 95.4 Å². The van der Waals surface area contributed by atoms with Gasteiger partial charge in [0.15, 0.2) is 5.69 Å². The van der Waals surface area contributed by atoms with Crippen molar-refractivity contribution in [1.82, 2.24) is 4.98 Å². The molecular weight excluding hydrogens is 485 g/mol. The Morgan fingerprint density at radius 3 is 1.89 bits per heavy atom. The number of aliphatic hydroxyl groups excluding tert-OH is 1. The Hall–Kier alpha value is -2.89. The van der Waals surface area contributed by atoms with Gasteiger partial charge in [-0.1, -0.05) is 13.3 Å². The van der Waals surface area contributed by atoms with Gasteiger partial charge in [-0.15, -0.1) is 0 Å². The summed E-state index contributed by atoms with van der Waals surface area (Å²) in [5.41, 5.74) is -5.44. The predicted molar refractivity (Wildman–Crippen MR) is 125 cm³/mol. The lowest BCUT2D eigenvalue weighted by atomic mass is 9.95. The van der Waals surface area contributed by atoms with Gasteiger partial charge in [-0.2, -0.15) is 18.1 Å². The number of halogens is 3. The fraction of sp³-hybridized carbons (Fsp3) is 0.667. The summed E-state index contributed by atoms with van der Waals surface area (Å²) in [6, 6.07) is 0.505. The molecule has 1 atom stereocenters. The zero-order valence-corrected chi connectivity index (χ0v) is 21.9. The zero-order valence-electron chi connectivity index (χ0n) is 21.9. The van der Waals surface area contributed by atoms with Crippen molar-refractivity contribution in [3.63, 3.8) is 0 Å².